The van der Waals surface area contributed by atoms with E-state index in [-0.39, 0.29) is 5.91 Å². The van der Waals surface area contributed by atoms with Crippen molar-refractivity contribution >= 4 is 34.8 Å². The Bertz CT molecular complexity index is 996. The van der Waals surface area contributed by atoms with E-state index in [1.165, 1.54) is 0 Å². The summed E-state index contributed by atoms with van der Waals surface area (Å²) in [6, 6.07) is 12.9. The molecule has 0 spiro atoms. The largest absolute Gasteiger partial charge is 0.495 e. The Kier molecular flexibility index (Phi) is 6.37. The van der Waals surface area contributed by atoms with E-state index >= 15 is 0 Å². The van der Waals surface area contributed by atoms with E-state index in [0.29, 0.717) is 35.7 Å². The van der Waals surface area contributed by atoms with Gasteiger partial charge in [-0.25, -0.2) is 0 Å². The molecule has 3 rings (SSSR count). The number of aromatic nitrogens is 1. The molecule has 0 atom stereocenters. The van der Waals surface area contributed by atoms with Crippen molar-refractivity contribution in [3.63, 3.8) is 0 Å². The second-order valence-corrected chi connectivity index (χ2v) is 6.91. The van der Waals surface area contributed by atoms with E-state index in [9.17, 15) is 9.59 Å². The van der Waals surface area contributed by atoms with Crippen LogP contribution < -0.4 is 10.1 Å². The van der Waals surface area contributed by atoms with Crippen molar-refractivity contribution in [3.8, 4) is 5.75 Å². The molecular weight excluding hydrogens is 376 g/mol. The molecule has 0 saturated heterocycles. The van der Waals surface area contributed by atoms with Crippen LogP contribution in [0.25, 0.3) is 10.9 Å². The first kappa shape index (κ1) is 20.0. The van der Waals surface area contributed by atoms with Crippen LogP contribution in [-0.4, -0.2) is 30.5 Å². The summed E-state index contributed by atoms with van der Waals surface area (Å²) in [6.45, 7) is 2.57. The van der Waals surface area contributed by atoms with E-state index < -0.39 is 0 Å². The topological polar surface area (TPSA) is 60.3 Å². The Morgan fingerprint density at radius 3 is 2.61 bits per heavy atom. The number of nitrogens with zero attached hydrogens (tertiary/aromatic N) is 1. The van der Waals surface area contributed by atoms with Gasteiger partial charge in [0.15, 0.2) is 0 Å². The lowest BCUT2D eigenvalue weighted by molar-refractivity contribution is -0.109. The lowest BCUT2D eigenvalue weighted by Gasteiger charge is -2.11. The molecule has 1 aromatic heterocycles. The van der Waals surface area contributed by atoms with Gasteiger partial charge in [-0.3, -0.25) is 14.2 Å². The van der Waals surface area contributed by atoms with Gasteiger partial charge in [-0.15, -0.1) is 0 Å². The van der Waals surface area contributed by atoms with Crippen molar-refractivity contribution in [3.05, 3.63) is 64.3 Å². The van der Waals surface area contributed by atoms with E-state index in [1.54, 1.807) is 17.7 Å². The summed E-state index contributed by atoms with van der Waals surface area (Å²) in [5.74, 6) is 0.469. The fraction of sp³-hybridized carbons (Fsp3) is 0.273. The van der Waals surface area contributed by atoms with E-state index in [0.717, 1.165) is 35.0 Å². The number of fused-ring (bicyclic) bond motifs is 1. The molecular formula is C22H23ClN2O3. The summed E-state index contributed by atoms with van der Waals surface area (Å²) in [5.41, 5.74) is 3.35. The third kappa shape index (κ3) is 3.76. The Balaban J connectivity index is 2.27. The molecule has 1 N–H and O–H groups in total. The first-order valence-electron chi connectivity index (χ1n) is 9.28. The first-order valence-corrected chi connectivity index (χ1v) is 9.66. The van der Waals surface area contributed by atoms with Crippen LogP contribution in [0.4, 0.5) is 0 Å². The number of ether oxygens (including phenoxy) is 1. The van der Waals surface area contributed by atoms with Crippen LogP contribution in [0.1, 0.15) is 35.0 Å². The maximum absolute atomic E-state index is 13.4. The predicted octanol–water partition coefficient (Wildman–Crippen LogP) is 4.23. The number of carbonyl (C=O) groups excluding carboxylic acids is 2. The molecule has 0 aliphatic heterocycles. The molecule has 1 amide bonds. The van der Waals surface area contributed by atoms with Crippen molar-refractivity contribution < 1.29 is 14.3 Å². The SMILES string of the molecule is CCCc1c(CCNC=O)c2cc(OC)c(Cl)cc2n1C(=O)c1ccccc1. The molecule has 5 nitrogen and oxygen atoms in total. The lowest BCUT2D eigenvalue weighted by atomic mass is 10.0. The van der Waals surface area contributed by atoms with Crippen molar-refractivity contribution in [2.24, 2.45) is 0 Å². The van der Waals surface area contributed by atoms with E-state index in [2.05, 4.69) is 12.2 Å². The van der Waals surface area contributed by atoms with Gasteiger partial charge >= 0.3 is 0 Å². The summed E-state index contributed by atoms with van der Waals surface area (Å²) in [4.78, 5) is 24.1. The van der Waals surface area contributed by atoms with Gasteiger partial charge in [0.2, 0.25) is 6.41 Å². The number of carbonyl (C=O) groups is 2. The standard InChI is InChI=1S/C22H23ClN2O3/c1-3-7-19-16(10-11-24-14-26)17-12-21(28-2)18(23)13-20(17)25(19)22(27)15-8-5-4-6-9-15/h4-6,8-9,12-14H,3,7,10-11H2,1-2H3,(H,24,26). The molecule has 0 aliphatic carbocycles. The minimum atomic E-state index is -0.0927. The smallest absolute Gasteiger partial charge is 0.262 e. The number of methoxy groups -OCH3 is 1. The van der Waals surface area contributed by atoms with Crippen molar-refractivity contribution in [1.29, 1.82) is 0 Å². The van der Waals surface area contributed by atoms with Gasteiger partial charge in [0.25, 0.3) is 5.91 Å². The Hall–Kier alpha value is -2.79. The number of hydrogen-bond donors (Lipinski definition) is 1. The van der Waals surface area contributed by atoms with Gasteiger partial charge in [-0.1, -0.05) is 43.1 Å². The summed E-state index contributed by atoms with van der Waals surface area (Å²) in [5, 5.41) is 4.08. The number of halogens is 1. The molecule has 0 fully saturated rings. The van der Waals surface area contributed by atoms with Crippen LogP contribution in [-0.2, 0) is 17.6 Å². The average Bonchev–Trinajstić information content (AvgIpc) is 3.00. The maximum Gasteiger partial charge on any atom is 0.262 e. The number of hydrogen-bond acceptors (Lipinski definition) is 3. The zero-order valence-corrected chi connectivity index (χ0v) is 16.8. The zero-order valence-electron chi connectivity index (χ0n) is 16.0. The summed E-state index contributed by atoms with van der Waals surface area (Å²) >= 11 is 6.38. The number of amides is 1. The van der Waals surface area contributed by atoms with Gasteiger partial charge in [0.05, 0.1) is 17.6 Å². The Labute approximate surface area is 169 Å². The van der Waals surface area contributed by atoms with Crippen LogP contribution >= 0.6 is 11.6 Å². The molecule has 6 heteroatoms. The molecule has 0 radical (unpaired) electrons. The highest BCUT2D eigenvalue weighted by molar-refractivity contribution is 6.33. The summed E-state index contributed by atoms with van der Waals surface area (Å²) in [7, 11) is 1.57. The summed E-state index contributed by atoms with van der Waals surface area (Å²) in [6.07, 6.45) is 2.93. The highest BCUT2D eigenvalue weighted by Crippen LogP contribution is 2.36. The van der Waals surface area contributed by atoms with Crippen LogP contribution in [0.3, 0.4) is 0 Å². The minimum Gasteiger partial charge on any atom is -0.495 e. The molecule has 3 aromatic rings. The first-order chi connectivity index (χ1) is 13.6. The third-order valence-corrected chi connectivity index (χ3v) is 5.06. The van der Waals surface area contributed by atoms with Crippen LogP contribution in [0.5, 0.6) is 5.75 Å². The Morgan fingerprint density at radius 2 is 1.96 bits per heavy atom. The second kappa shape index (κ2) is 8.93. The molecule has 0 aliphatic rings. The molecule has 28 heavy (non-hydrogen) atoms. The molecule has 0 bridgehead atoms. The van der Waals surface area contributed by atoms with Crippen LogP contribution in [0.15, 0.2) is 42.5 Å². The number of nitrogens with one attached hydrogen (secondary N) is 1. The van der Waals surface area contributed by atoms with Gasteiger partial charge in [-0.05, 0) is 42.7 Å². The van der Waals surface area contributed by atoms with Gasteiger partial charge in [0.1, 0.15) is 5.75 Å². The monoisotopic (exact) mass is 398 g/mol. The van der Waals surface area contributed by atoms with Gasteiger partial charge in [0, 0.05) is 23.2 Å². The maximum atomic E-state index is 13.4. The third-order valence-electron chi connectivity index (χ3n) is 4.77. The summed E-state index contributed by atoms with van der Waals surface area (Å²) < 4.78 is 7.15. The normalized spacial score (nSPS) is 10.8. The minimum absolute atomic E-state index is 0.0927. The fourth-order valence-electron chi connectivity index (χ4n) is 3.54. The van der Waals surface area contributed by atoms with Gasteiger partial charge < -0.3 is 10.1 Å². The molecule has 0 unspecified atom stereocenters. The molecule has 0 saturated carbocycles. The highest BCUT2D eigenvalue weighted by atomic mass is 35.5. The van der Waals surface area contributed by atoms with E-state index in [1.807, 2.05) is 36.4 Å². The van der Waals surface area contributed by atoms with E-state index in [4.69, 9.17) is 16.3 Å². The molecule has 1 heterocycles. The second-order valence-electron chi connectivity index (χ2n) is 6.51. The highest BCUT2D eigenvalue weighted by Gasteiger charge is 2.23. The van der Waals surface area contributed by atoms with Crippen LogP contribution in [0, 0.1) is 0 Å². The Morgan fingerprint density at radius 1 is 1.21 bits per heavy atom. The molecule has 146 valence electrons. The zero-order chi connectivity index (χ0) is 20.1. The van der Waals surface area contributed by atoms with Crippen molar-refractivity contribution in [2.75, 3.05) is 13.7 Å². The lowest BCUT2D eigenvalue weighted by Crippen LogP contribution is -2.17. The van der Waals surface area contributed by atoms with Crippen molar-refractivity contribution in [2.45, 2.75) is 26.2 Å². The average molecular weight is 399 g/mol. The fourth-order valence-corrected chi connectivity index (χ4v) is 3.77. The van der Waals surface area contributed by atoms with Gasteiger partial charge in [-0.2, -0.15) is 0 Å². The number of rotatable bonds is 8. The van der Waals surface area contributed by atoms with Crippen LogP contribution in [0.2, 0.25) is 5.02 Å². The van der Waals surface area contributed by atoms with Crippen molar-refractivity contribution in [1.82, 2.24) is 9.88 Å². The predicted molar refractivity (Wildman–Crippen MR) is 111 cm³/mol. The number of benzene rings is 2. The molecule has 2 aromatic carbocycles. The quantitative estimate of drug-likeness (QED) is 0.456.